The van der Waals surface area contributed by atoms with Gasteiger partial charge in [0.25, 0.3) is 0 Å². The van der Waals surface area contributed by atoms with Gasteiger partial charge in [-0.3, -0.25) is 10.1 Å². The van der Waals surface area contributed by atoms with Crippen molar-refractivity contribution in [3.05, 3.63) is 0 Å². The van der Waals surface area contributed by atoms with Crippen LogP contribution in [0.25, 0.3) is 0 Å². The predicted molar refractivity (Wildman–Crippen MR) is 48.7 cm³/mol. The molecule has 0 unspecified atom stereocenters. The van der Waals surface area contributed by atoms with E-state index in [0.29, 0.717) is 12.0 Å². The first-order valence-corrected chi connectivity index (χ1v) is 4.47. The van der Waals surface area contributed by atoms with Crippen molar-refractivity contribution in [1.29, 1.82) is 0 Å². The Morgan fingerprint density at radius 3 is 2.58 bits per heavy atom. The van der Waals surface area contributed by atoms with E-state index in [1.807, 2.05) is 4.90 Å². The van der Waals surface area contributed by atoms with Crippen molar-refractivity contribution in [3.63, 3.8) is 0 Å². The highest BCUT2D eigenvalue weighted by Gasteiger charge is 2.21. The first-order valence-electron chi connectivity index (χ1n) is 4.47. The molecule has 3 nitrogen and oxygen atoms in total. The third-order valence-corrected chi connectivity index (χ3v) is 2.06. The lowest BCUT2D eigenvalue weighted by molar-refractivity contribution is -0.126. The van der Waals surface area contributed by atoms with Crippen LogP contribution in [-0.2, 0) is 4.79 Å². The van der Waals surface area contributed by atoms with Crippen molar-refractivity contribution in [1.82, 2.24) is 10.2 Å². The molecule has 0 saturated carbocycles. The second-order valence-electron chi connectivity index (χ2n) is 4.55. The van der Waals surface area contributed by atoms with Crippen molar-refractivity contribution in [3.8, 4) is 0 Å². The zero-order chi connectivity index (χ0) is 9.19. The summed E-state index contributed by atoms with van der Waals surface area (Å²) in [5, 5.41) is 3.03. The van der Waals surface area contributed by atoms with Gasteiger partial charge in [-0.05, 0) is 11.8 Å². The van der Waals surface area contributed by atoms with Gasteiger partial charge < -0.3 is 4.90 Å². The summed E-state index contributed by atoms with van der Waals surface area (Å²) in [6, 6.07) is 0. The van der Waals surface area contributed by atoms with Crippen LogP contribution in [0.4, 0.5) is 0 Å². The summed E-state index contributed by atoms with van der Waals surface area (Å²) in [5.74, 6) is 0.235. The van der Waals surface area contributed by atoms with Gasteiger partial charge in [-0.1, -0.05) is 20.8 Å². The third kappa shape index (κ3) is 2.81. The number of nitrogens with zero attached hydrogens (tertiary/aromatic N) is 1. The van der Waals surface area contributed by atoms with Gasteiger partial charge >= 0.3 is 0 Å². The fraction of sp³-hybridized carbons (Fsp3) is 0.889. The van der Waals surface area contributed by atoms with Crippen molar-refractivity contribution in [2.75, 3.05) is 19.8 Å². The number of hydrogen-bond acceptors (Lipinski definition) is 2. The lowest BCUT2D eigenvalue weighted by Gasteiger charge is -2.22. The molecule has 1 saturated heterocycles. The van der Waals surface area contributed by atoms with Crippen LogP contribution < -0.4 is 5.32 Å². The standard InChI is InChI=1S/C9H18N2O/c1-9(2,3)4-5-11-7-10-6-8(11)12/h10H,4-7H2,1-3H3. The molecule has 12 heavy (non-hydrogen) atoms. The average Bonchev–Trinajstić information content (AvgIpc) is 2.29. The lowest BCUT2D eigenvalue weighted by atomic mass is 9.92. The molecule has 0 aromatic rings. The zero-order valence-corrected chi connectivity index (χ0v) is 8.18. The molecular weight excluding hydrogens is 152 g/mol. The molecule has 0 aromatic heterocycles. The van der Waals surface area contributed by atoms with Gasteiger partial charge in [-0.2, -0.15) is 0 Å². The second kappa shape index (κ2) is 3.44. The Hall–Kier alpha value is -0.570. The number of carbonyl (C=O) groups is 1. The van der Waals surface area contributed by atoms with Gasteiger partial charge in [0.1, 0.15) is 0 Å². The Bertz CT molecular complexity index is 172. The molecule has 1 fully saturated rings. The Kier molecular flexibility index (Phi) is 2.73. The van der Waals surface area contributed by atoms with E-state index in [1.54, 1.807) is 0 Å². The van der Waals surface area contributed by atoms with Crippen molar-refractivity contribution in [2.24, 2.45) is 5.41 Å². The fourth-order valence-corrected chi connectivity index (χ4v) is 1.17. The Balaban J connectivity index is 2.27. The van der Waals surface area contributed by atoms with Crippen molar-refractivity contribution < 1.29 is 4.79 Å². The lowest BCUT2D eigenvalue weighted by Crippen LogP contribution is -2.29. The van der Waals surface area contributed by atoms with Crippen LogP contribution in [0.15, 0.2) is 0 Å². The van der Waals surface area contributed by atoms with Gasteiger partial charge in [-0.25, -0.2) is 0 Å². The molecule has 1 aliphatic heterocycles. The first kappa shape index (κ1) is 9.52. The van der Waals surface area contributed by atoms with E-state index in [0.717, 1.165) is 19.6 Å². The maximum absolute atomic E-state index is 11.2. The van der Waals surface area contributed by atoms with Gasteiger partial charge in [0.15, 0.2) is 0 Å². The number of rotatable bonds is 2. The summed E-state index contributed by atoms with van der Waals surface area (Å²) in [7, 11) is 0. The first-order chi connectivity index (χ1) is 5.49. The molecule has 1 amide bonds. The van der Waals surface area contributed by atoms with Gasteiger partial charge in [-0.15, -0.1) is 0 Å². The van der Waals surface area contributed by atoms with Crippen LogP contribution in [0, 0.1) is 5.41 Å². The van der Waals surface area contributed by atoms with Gasteiger partial charge in [0.2, 0.25) is 5.91 Å². The van der Waals surface area contributed by atoms with E-state index in [9.17, 15) is 4.79 Å². The quantitative estimate of drug-likeness (QED) is 0.665. The molecule has 0 spiro atoms. The summed E-state index contributed by atoms with van der Waals surface area (Å²) < 4.78 is 0. The summed E-state index contributed by atoms with van der Waals surface area (Å²) in [4.78, 5) is 13.0. The van der Waals surface area contributed by atoms with E-state index >= 15 is 0 Å². The van der Waals surface area contributed by atoms with Crippen LogP contribution >= 0.6 is 0 Å². The molecule has 0 atom stereocenters. The second-order valence-corrected chi connectivity index (χ2v) is 4.55. The summed E-state index contributed by atoms with van der Waals surface area (Å²) in [5.41, 5.74) is 0.322. The monoisotopic (exact) mass is 170 g/mol. The van der Waals surface area contributed by atoms with E-state index in [1.165, 1.54) is 0 Å². The topological polar surface area (TPSA) is 32.3 Å². The highest BCUT2D eigenvalue weighted by molar-refractivity contribution is 5.79. The van der Waals surface area contributed by atoms with Gasteiger partial charge in [0.05, 0.1) is 13.2 Å². The minimum atomic E-state index is 0.235. The van der Waals surface area contributed by atoms with Crippen LogP contribution in [-0.4, -0.2) is 30.6 Å². The summed E-state index contributed by atoms with van der Waals surface area (Å²) in [6.45, 7) is 8.72. The summed E-state index contributed by atoms with van der Waals surface area (Å²) >= 11 is 0. The van der Waals surface area contributed by atoms with Gasteiger partial charge in [0, 0.05) is 6.54 Å². The number of hydrogen-bond donors (Lipinski definition) is 1. The van der Waals surface area contributed by atoms with Crippen LogP contribution in [0.1, 0.15) is 27.2 Å². The minimum absolute atomic E-state index is 0.235. The van der Waals surface area contributed by atoms with Crippen molar-refractivity contribution >= 4 is 5.91 Å². The molecule has 0 radical (unpaired) electrons. The Morgan fingerprint density at radius 2 is 2.17 bits per heavy atom. The molecule has 3 heteroatoms. The highest BCUT2D eigenvalue weighted by atomic mass is 16.2. The fourth-order valence-electron chi connectivity index (χ4n) is 1.17. The zero-order valence-electron chi connectivity index (χ0n) is 8.18. The SMILES string of the molecule is CC(C)(C)CCN1CNCC1=O. The molecule has 70 valence electrons. The van der Waals surface area contributed by atoms with Crippen LogP contribution in [0.5, 0.6) is 0 Å². The van der Waals surface area contributed by atoms with E-state index in [-0.39, 0.29) is 5.91 Å². The van der Waals surface area contributed by atoms with E-state index < -0.39 is 0 Å². The normalized spacial score (nSPS) is 18.9. The Labute approximate surface area is 74.1 Å². The highest BCUT2D eigenvalue weighted by Crippen LogP contribution is 2.18. The summed E-state index contributed by atoms with van der Waals surface area (Å²) in [6.07, 6.45) is 1.07. The molecule has 1 heterocycles. The molecule has 1 aliphatic rings. The smallest absolute Gasteiger partial charge is 0.237 e. The minimum Gasteiger partial charge on any atom is -0.329 e. The largest absolute Gasteiger partial charge is 0.329 e. The molecule has 1 rings (SSSR count). The molecule has 0 aromatic carbocycles. The predicted octanol–water partition coefficient (Wildman–Crippen LogP) is 0.812. The molecular formula is C9H18N2O. The van der Waals surface area contributed by atoms with E-state index in [4.69, 9.17) is 0 Å². The Morgan fingerprint density at radius 1 is 1.50 bits per heavy atom. The van der Waals surface area contributed by atoms with Crippen LogP contribution in [0.3, 0.4) is 0 Å². The molecule has 0 aliphatic carbocycles. The third-order valence-electron chi connectivity index (χ3n) is 2.06. The van der Waals surface area contributed by atoms with E-state index in [2.05, 4.69) is 26.1 Å². The van der Waals surface area contributed by atoms with Crippen LogP contribution in [0.2, 0.25) is 0 Å². The maximum Gasteiger partial charge on any atom is 0.237 e. The number of amides is 1. The average molecular weight is 170 g/mol. The maximum atomic E-state index is 11.2. The number of nitrogens with one attached hydrogen (secondary N) is 1. The molecule has 0 bridgehead atoms. The molecule has 1 N–H and O–H groups in total. The van der Waals surface area contributed by atoms with Crippen molar-refractivity contribution in [2.45, 2.75) is 27.2 Å². The number of carbonyl (C=O) groups excluding carboxylic acids is 1.